The van der Waals surface area contributed by atoms with Crippen LogP contribution in [0.3, 0.4) is 0 Å². The average Bonchev–Trinajstić information content (AvgIpc) is 2.13. The Hall–Kier alpha value is -0.830. The van der Waals surface area contributed by atoms with Crippen molar-refractivity contribution in [2.24, 2.45) is 4.99 Å². The van der Waals surface area contributed by atoms with E-state index >= 15 is 0 Å². The molecule has 1 heterocycles. The molecule has 1 unspecified atom stereocenters. The average molecular weight is 125 g/mol. The van der Waals surface area contributed by atoms with E-state index in [2.05, 4.69) is 10.3 Å². The topological polar surface area (TPSA) is 46.7 Å². The molecular weight excluding hydrogens is 116 g/mol. The van der Waals surface area contributed by atoms with Crippen LogP contribution in [0.5, 0.6) is 0 Å². The van der Waals surface area contributed by atoms with Crippen LogP contribution in [0.25, 0.3) is 0 Å². The lowest BCUT2D eigenvalue weighted by atomic mass is 10.2. The van der Waals surface area contributed by atoms with Crippen LogP contribution in [0.4, 0.5) is 0 Å². The number of hydrogen-bond acceptors (Lipinski definition) is 2. The molecule has 0 aromatic carbocycles. The fourth-order valence-electron chi connectivity index (χ4n) is 0.747. The van der Waals surface area contributed by atoms with Gasteiger partial charge in [0.1, 0.15) is 6.34 Å². The first-order valence-electron chi connectivity index (χ1n) is 2.84. The maximum atomic E-state index is 8.99. The minimum Gasteiger partial charge on any atom is -0.387 e. The number of hydrogen-bond donors (Lipinski definition) is 1. The maximum absolute atomic E-state index is 8.99. The van der Waals surface area contributed by atoms with Gasteiger partial charge in [0.05, 0.1) is 17.5 Å². The summed E-state index contributed by atoms with van der Waals surface area (Å²) in [6.07, 6.45) is 0.963. The fourth-order valence-corrected chi connectivity index (χ4v) is 0.747. The quantitative estimate of drug-likeness (QED) is 0.536. The predicted octanol–water partition coefficient (Wildman–Crippen LogP) is 0.245. The standard InChI is InChI=1S/C6H9N2O/c1-4-6(5(2)9)8-3-7-4/h3,5,9H,1-2H3. The molecule has 0 aromatic heterocycles. The Labute approximate surface area is 54.1 Å². The molecule has 0 fully saturated rings. The molecule has 0 aromatic rings. The zero-order chi connectivity index (χ0) is 6.85. The molecule has 3 heteroatoms. The monoisotopic (exact) mass is 125 g/mol. The van der Waals surface area contributed by atoms with Gasteiger partial charge in [0, 0.05) is 0 Å². The largest absolute Gasteiger partial charge is 0.387 e. The fraction of sp³-hybridized carbons (Fsp3) is 0.500. The van der Waals surface area contributed by atoms with Crippen molar-refractivity contribution in [3.8, 4) is 0 Å². The van der Waals surface area contributed by atoms with Crippen LogP contribution in [-0.4, -0.2) is 17.5 Å². The molecular formula is C6H9N2O. The molecule has 0 saturated carbocycles. The molecule has 1 rings (SSSR count). The summed E-state index contributed by atoms with van der Waals surface area (Å²) in [5.41, 5.74) is 1.49. The van der Waals surface area contributed by atoms with E-state index in [1.807, 2.05) is 6.92 Å². The van der Waals surface area contributed by atoms with E-state index in [-0.39, 0.29) is 0 Å². The van der Waals surface area contributed by atoms with E-state index in [9.17, 15) is 0 Å². The number of aliphatic hydroxyl groups is 1. The Morgan fingerprint density at radius 2 is 2.33 bits per heavy atom. The number of aliphatic hydroxyl groups excluding tert-OH is 1. The summed E-state index contributed by atoms with van der Waals surface area (Å²) in [6.45, 7) is 3.51. The molecule has 0 amide bonds. The lowest BCUT2D eigenvalue weighted by Gasteiger charge is -2.00. The molecule has 1 aliphatic heterocycles. The van der Waals surface area contributed by atoms with Gasteiger partial charge in [-0.1, -0.05) is 0 Å². The smallest absolute Gasteiger partial charge is 0.116 e. The third-order valence-corrected chi connectivity index (χ3v) is 1.21. The first kappa shape index (κ1) is 6.29. The second-order valence-corrected chi connectivity index (χ2v) is 2.02. The highest BCUT2D eigenvalue weighted by atomic mass is 16.3. The summed E-state index contributed by atoms with van der Waals surface area (Å²) in [7, 11) is 0. The van der Waals surface area contributed by atoms with Crippen molar-refractivity contribution >= 4 is 6.34 Å². The molecule has 1 N–H and O–H groups in total. The Bertz CT molecular complexity index is 170. The number of allylic oxidation sites excluding steroid dienone is 1. The van der Waals surface area contributed by atoms with Crippen molar-refractivity contribution < 1.29 is 5.11 Å². The van der Waals surface area contributed by atoms with Crippen molar-refractivity contribution in [3.63, 3.8) is 0 Å². The van der Waals surface area contributed by atoms with Crippen LogP contribution in [0.1, 0.15) is 13.8 Å². The first-order chi connectivity index (χ1) is 4.22. The maximum Gasteiger partial charge on any atom is 0.116 e. The molecule has 0 aliphatic carbocycles. The molecule has 1 atom stereocenters. The first-order valence-corrected chi connectivity index (χ1v) is 2.84. The van der Waals surface area contributed by atoms with Crippen LogP contribution in [0, 0.1) is 0 Å². The molecule has 1 aliphatic rings. The van der Waals surface area contributed by atoms with Crippen LogP contribution in [0.2, 0.25) is 0 Å². The van der Waals surface area contributed by atoms with Gasteiger partial charge in [-0.25, -0.2) is 10.3 Å². The lowest BCUT2D eigenvalue weighted by Crippen LogP contribution is -2.03. The van der Waals surface area contributed by atoms with Crippen molar-refractivity contribution in [1.82, 2.24) is 5.32 Å². The molecule has 1 radical (unpaired) electrons. The summed E-state index contributed by atoms with van der Waals surface area (Å²) in [5, 5.41) is 12.9. The highest BCUT2D eigenvalue weighted by molar-refractivity contribution is 5.63. The van der Waals surface area contributed by atoms with Crippen molar-refractivity contribution in [2.45, 2.75) is 20.0 Å². The second kappa shape index (κ2) is 2.19. The minimum absolute atomic E-state index is 0.493. The molecule has 0 saturated heterocycles. The van der Waals surface area contributed by atoms with E-state index in [1.54, 1.807) is 6.92 Å². The lowest BCUT2D eigenvalue weighted by molar-refractivity contribution is 0.229. The predicted molar refractivity (Wildman–Crippen MR) is 35.0 cm³/mol. The van der Waals surface area contributed by atoms with Gasteiger partial charge in [0.2, 0.25) is 0 Å². The minimum atomic E-state index is -0.493. The Balaban J connectivity index is 2.77. The van der Waals surface area contributed by atoms with Crippen molar-refractivity contribution in [1.29, 1.82) is 0 Å². The zero-order valence-corrected chi connectivity index (χ0v) is 5.50. The number of nitrogens with zero attached hydrogens (tertiary/aromatic N) is 2. The van der Waals surface area contributed by atoms with E-state index in [0.717, 1.165) is 5.70 Å². The molecule has 9 heavy (non-hydrogen) atoms. The summed E-state index contributed by atoms with van der Waals surface area (Å²) in [4.78, 5) is 3.85. The molecule has 0 spiro atoms. The zero-order valence-electron chi connectivity index (χ0n) is 5.50. The van der Waals surface area contributed by atoms with Crippen molar-refractivity contribution in [3.05, 3.63) is 11.4 Å². The highest BCUT2D eigenvalue weighted by Crippen LogP contribution is 2.11. The Morgan fingerprint density at radius 3 is 2.56 bits per heavy atom. The van der Waals surface area contributed by atoms with Crippen LogP contribution in [-0.2, 0) is 0 Å². The normalized spacial score (nSPS) is 20.3. The van der Waals surface area contributed by atoms with Gasteiger partial charge in [-0.05, 0) is 13.8 Å². The Morgan fingerprint density at radius 1 is 1.67 bits per heavy atom. The van der Waals surface area contributed by atoms with Gasteiger partial charge in [-0.15, -0.1) is 0 Å². The third-order valence-electron chi connectivity index (χ3n) is 1.21. The van der Waals surface area contributed by atoms with E-state index in [0.29, 0.717) is 5.70 Å². The van der Waals surface area contributed by atoms with Gasteiger partial charge in [0.15, 0.2) is 0 Å². The number of aliphatic imine (C=N–C) groups is 1. The van der Waals surface area contributed by atoms with Gasteiger partial charge < -0.3 is 5.11 Å². The van der Waals surface area contributed by atoms with Crippen LogP contribution >= 0.6 is 0 Å². The van der Waals surface area contributed by atoms with E-state index < -0.39 is 6.10 Å². The summed E-state index contributed by atoms with van der Waals surface area (Å²) in [5.74, 6) is 0. The van der Waals surface area contributed by atoms with Gasteiger partial charge >= 0.3 is 0 Å². The number of rotatable bonds is 1. The Kier molecular flexibility index (Phi) is 1.53. The molecule has 49 valence electrons. The van der Waals surface area contributed by atoms with Gasteiger partial charge in [0.25, 0.3) is 0 Å². The van der Waals surface area contributed by atoms with E-state index in [1.165, 1.54) is 6.34 Å². The highest BCUT2D eigenvalue weighted by Gasteiger charge is 2.11. The second-order valence-electron chi connectivity index (χ2n) is 2.02. The summed E-state index contributed by atoms with van der Waals surface area (Å²) in [6, 6.07) is 0. The SMILES string of the molecule is CC1=C(C(C)O)N=C[N]1. The molecule has 0 bridgehead atoms. The van der Waals surface area contributed by atoms with E-state index in [4.69, 9.17) is 5.11 Å². The third kappa shape index (κ3) is 1.10. The van der Waals surface area contributed by atoms with Crippen LogP contribution in [0.15, 0.2) is 16.4 Å². The molecule has 3 nitrogen and oxygen atoms in total. The summed E-state index contributed by atoms with van der Waals surface area (Å²) >= 11 is 0. The van der Waals surface area contributed by atoms with Crippen LogP contribution < -0.4 is 5.32 Å². The van der Waals surface area contributed by atoms with Gasteiger partial charge in [-0.3, -0.25) is 0 Å². The van der Waals surface area contributed by atoms with Crippen molar-refractivity contribution in [2.75, 3.05) is 0 Å². The summed E-state index contributed by atoms with van der Waals surface area (Å²) < 4.78 is 0. The van der Waals surface area contributed by atoms with Gasteiger partial charge in [-0.2, -0.15) is 0 Å².